The highest BCUT2D eigenvalue weighted by Crippen LogP contribution is 2.28. The molecular formula is C24H37N3O4S. The standard InChI is InChI=1S/C24H37N3O4S/c1-24(2,26-13-15-31-16-14-26)18-25-23(28)20-9-11-27(12-10-20)32(29,30)22-8-7-19-5-3-4-6-21(19)17-22/h7-8,17,20H,3-6,9-16,18H2,1-2H3,(H,25,28). The van der Waals surface area contributed by atoms with Crippen molar-refractivity contribution >= 4 is 15.9 Å². The monoisotopic (exact) mass is 463 g/mol. The number of sulfonamides is 1. The Morgan fingerprint density at radius 1 is 1.06 bits per heavy atom. The zero-order valence-corrected chi connectivity index (χ0v) is 20.3. The van der Waals surface area contributed by atoms with Crippen LogP contribution in [0.3, 0.4) is 0 Å². The second kappa shape index (κ2) is 9.79. The van der Waals surface area contributed by atoms with Crippen LogP contribution in [0.4, 0.5) is 0 Å². The fourth-order valence-corrected chi connectivity index (χ4v) is 6.63. The normalized spacial score (nSPS) is 21.8. The highest BCUT2D eigenvalue weighted by atomic mass is 32.2. The van der Waals surface area contributed by atoms with Crippen molar-refractivity contribution in [3.63, 3.8) is 0 Å². The van der Waals surface area contributed by atoms with Crippen LogP contribution in [0.25, 0.3) is 0 Å². The molecule has 0 bridgehead atoms. The molecule has 8 heteroatoms. The molecule has 0 unspecified atom stereocenters. The van der Waals surface area contributed by atoms with Crippen molar-refractivity contribution in [3.05, 3.63) is 29.3 Å². The summed E-state index contributed by atoms with van der Waals surface area (Å²) in [6.45, 7) is 8.87. The maximum atomic E-state index is 13.2. The van der Waals surface area contributed by atoms with E-state index in [1.807, 2.05) is 12.1 Å². The predicted octanol–water partition coefficient (Wildman–Crippen LogP) is 2.19. The number of carbonyl (C=O) groups excluding carboxylic acids is 1. The third-order valence-corrected chi connectivity index (χ3v) is 9.24. The van der Waals surface area contributed by atoms with Gasteiger partial charge in [-0.2, -0.15) is 4.31 Å². The van der Waals surface area contributed by atoms with Crippen LogP contribution in [0, 0.1) is 5.92 Å². The number of nitrogens with one attached hydrogen (secondary N) is 1. The Hall–Kier alpha value is -1.48. The summed E-state index contributed by atoms with van der Waals surface area (Å²) in [5.41, 5.74) is 2.33. The van der Waals surface area contributed by atoms with E-state index < -0.39 is 10.0 Å². The maximum absolute atomic E-state index is 13.2. The Morgan fingerprint density at radius 2 is 1.72 bits per heavy atom. The van der Waals surface area contributed by atoms with Crippen LogP contribution < -0.4 is 5.32 Å². The van der Waals surface area contributed by atoms with E-state index in [0.717, 1.165) is 45.6 Å². The molecule has 4 rings (SSSR count). The molecule has 178 valence electrons. The number of hydrogen-bond acceptors (Lipinski definition) is 5. The summed E-state index contributed by atoms with van der Waals surface area (Å²) in [5, 5.41) is 3.12. The number of fused-ring (bicyclic) bond motifs is 1. The third-order valence-electron chi connectivity index (χ3n) is 7.34. The number of aryl methyl sites for hydroxylation is 2. The average Bonchev–Trinajstić information content (AvgIpc) is 2.83. The van der Waals surface area contributed by atoms with Crippen molar-refractivity contribution in [3.8, 4) is 0 Å². The molecule has 0 atom stereocenters. The van der Waals surface area contributed by atoms with Crippen LogP contribution >= 0.6 is 0 Å². The van der Waals surface area contributed by atoms with Gasteiger partial charge in [-0.15, -0.1) is 0 Å². The summed E-state index contributed by atoms with van der Waals surface area (Å²) >= 11 is 0. The fraction of sp³-hybridized carbons (Fsp3) is 0.708. The molecule has 1 amide bonds. The number of amides is 1. The van der Waals surface area contributed by atoms with E-state index in [0.29, 0.717) is 37.4 Å². The lowest BCUT2D eigenvalue weighted by atomic mass is 9.92. The summed E-state index contributed by atoms with van der Waals surface area (Å²) in [5.74, 6) is -0.0948. The van der Waals surface area contributed by atoms with E-state index in [-0.39, 0.29) is 17.4 Å². The zero-order valence-electron chi connectivity index (χ0n) is 19.4. The summed E-state index contributed by atoms with van der Waals surface area (Å²) in [4.78, 5) is 15.5. The van der Waals surface area contributed by atoms with Gasteiger partial charge in [-0.25, -0.2) is 8.42 Å². The van der Waals surface area contributed by atoms with Gasteiger partial charge in [0.2, 0.25) is 15.9 Å². The first-order chi connectivity index (χ1) is 15.3. The fourth-order valence-electron chi connectivity index (χ4n) is 5.11. The summed E-state index contributed by atoms with van der Waals surface area (Å²) < 4.78 is 33.4. The Kier molecular flexibility index (Phi) is 7.24. The van der Waals surface area contributed by atoms with E-state index in [4.69, 9.17) is 4.74 Å². The minimum Gasteiger partial charge on any atom is -0.379 e. The molecule has 0 saturated carbocycles. The SMILES string of the molecule is CC(C)(CNC(=O)C1CCN(S(=O)(=O)c2ccc3c(c2)CCCC3)CC1)N1CCOCC1. The van der Waals surface area contributed by atoms with Crippen molar-refractivity contribution in [1.82, 2.24) is 14.5 Å². The molecule has 7 nitrogen and oxygen atoms in total. The van der Waals surface area contributed by atoms with Gasteiger partial charge in [-0.3, -0.25) is 9.69 Å². The number of nitrogens with zero attached hydrogens (tertiary/aromatic N) is 2. The third kappa shape index (κ3) is 5.19. The van der Waals surface area contributed by atoms with Crippen molar-refractivity contribution in [2.45, 2.75) is 62.8 Å². The molecular weight excluding hydrogens is 426 g/mol. The van der Waals surface area contributed by atoms with Gasteiger partial charge in [-0.05, 0) is 75.6 Å². The van der Waals surface area contributed by atoms with Gasteiger partial charge in [0.05, 0.1) is 18.1 Å². The number of morpholine rings is 1. The molecule has 2 fully saturated rings. The molecule has 1 aromatic carbocycles. The molecule has 0 spiro atoms. The predicted molar refractivity (Wildman–Crippen MR) is 124 cm³/mol. The molecule has 32 heavy (non-hydrogen) atoms. The lowest BCUT2D eigenvalue weighted by Gasteiger charge is -2.41. The van der Waals surface area contributed by atoms with Crippen LogP contribution in [0.15, 0.2) is 23.1 Å². The van der Waals surface area contributed by atoms with Crippen LogP contribution in [0.1, 0.15) is 50.7 Å². The summed E-state index contributed by atoms with van der Waals surface area (Å²) in [6.07, 6.45) is 5.43. The number of piperidine rings is 1. The van der Waals surface area contributed by atoms with Crippen LogP contribution in [-0.4, -0.2) is 75.0 Å². The van der Waals surface area contributed by atoms with E-state index in [2.05, 4.69) is 24.1 Å². The largest absolute Gasteiger partial charge is 0.379 e. The van der Waals surface area contributed by atoms with E-state index in [1.54, 1.807) is 10.4 Å². The highest BCUT2D eigenvalue weighted by Gasteiger charge is 2.34. The van der Waals surface area contributed by atoms with Gasteiger partial charge in [0.15, 0.2) is 0 Å². The van der Waals surface area contributed by atoms with E-state index >= 15 is 0 Å². The van der Waals surface area contributed by atoms with Crippen molar-refractivity contribution in [1.29, 1.82) is 0 Å². The minimum absolute atomic E-state index is 0.0390. The van der Waals surface area contributed by atoms with Crippen molar-refractivity contribution in [2.75, 3.05) is 45.9 Å². The molecule has 3 aliphatic rings. The van der Waals surface area contributed by atoms with Gasteiger partial charge in [0, 0.05) is 44.2 Å². The highest BCUT2D eigenvalue weighted by molar-refractivity contribution is 7.89. The van der Waals surface area contributed by atoms with Crippen molar-refractivity contribution < 1.29 is 17.9 Å². The lowest BCUT2D eigenvalue weighted by molar-refractivity contribution is -0.126. The Labute approximate surface area is 192 Å². The second-order valence-electron chi connectivity index (χ2n) is 9.95. The van der Waals surface area contributed by atoms with Crippen LogP contribution in [0.2, 0.25) is 0 Å². The topological polar surface area (TPSA) is 79.0 Å². The Bertz CT molecular complexity index is 917. The molecule has 1 N–H and O–H groups in total. The Balaban J connectivity index is 1.31. The molecule has 1 aliphatic carbocycles. The quantitative estimate of drug-likeness (QED) is 0.700. The molecule has 1 aromatic rings. The van der Waals surface area contributed by atoms with Crippen molar-refractivity contribution in [2.24, 2.45) is 5.92 Å². The number of carbonyl (C=O) groups is 1. The first-order valence-corrected chi connectivity index (χ1v) is 13.4. The Morgan fingerprint density at radius 3 is 2.41 bits per heavy atom. The number of rotatable bonds is 6. The molecule has 2 heterocycles. The molecule has 0 aromatic heterocycles. The van der Waals surface area contributed by atoms with Gasteiger partial charge >= 0.3 is 0 Å². The number of benzene rings is 1. The first-order valence-electron chi connectivity index (χ1n) is 12.0. The van der Waals surface area contributed by atoms with Gasteiger partial charge in [-0.1, -0.05) is 6.07 Å². The van der Waals surface area contributed by atoms with Gasteiger partial charge in [0.1, 0.15) is 0 Å². The summed E-state index contributed by atoms with van der Waals surface area (Å²) in [6, 6.07) is 5.61. The molecule has 2 saturated heterocycles. The van der Waals surface area contributed by atoms with Crippen LogP contribution in [-0.2, 0) is 32.4 Å². The van der Waals surface area contributed by atoms with E-state index in [1.165, 1.54) is 17.5 Å². The number of ether oxygens (including phenoxy) is 1. The molecule has 2 aliphatic heterocycles. The van der Waals surface area contributed by atoms with Crippen LogP contribution in [0.5, 0.6) is 0 Å². The lowest BCUT2D eigenvalue weighted by Crippen LogP contribution is -2.56. The average molecular weight is 464 g/mol. The molecule has 0 radical (unpaired) electrons. The summed E-state index contributed by atoms with van der Waals surface area (Å²) in [7, 11) is -3.51. The van der Waals surface area contributed by atoms with Gasteiger partial charge < -0.3 is 10.1 Å². The van der Waals surface area contributed by atoms with E-state index in [9.17, 15) is 13.2 Å². The second-order valence-corrected chi connectivity index (χ2v) is 11.9. The number of hydrogen-bond donors (Lipinski definition) is 1. The van der Waals surface area contributed by atoms with Gasteiger partial charge in [0.25, 0.3) is 0 Å². The zero-order chi connectivity index (χ0) is 22.8. The smallest absolute Gasteiger partial charge is 0.243 e. The minimum atomic E-state index is -3.51. The first kappa shape index (κ1) is 23.7. The maximum Gasteiger partial charge on any atom is 0.243 e.